The molecule has 0 amide bonds. The maximum atomic E-state index is 12.1. The van der Waals surface area contributed by atoms with Crippen LogP contribution in [-0.2, 0) is 16.0 Å². The molecule has 2 aromatic rings. The molecule has 2 aromatic carbocycles. The van der Waals surface area contributed by atoms with Crippen molar-refractivity contribution < 1.29 is 14.3 Å². The fraction of sp³-hybridized carbons (Fsp3) is 0.263. The normalized spacial score (nSPS) is 15.2. The maximum Gasteiger partial charge on any atom is 0.148 e. The minimum atomic E-state index is -0.626. The second kappa shape index (κ2) is 6.55. The van der Waals surface area contributed by atoms with Crippen molar-refractivity contribution in [2.75, 3.05) is 0 Å². The largest absolute Gasteiger partial charge is 0.457 e. The fourth-order valence-corrected chi connectivity index (χ4v) is 3.05. The summed E-state index contributed by atoms with van der Waals surface area (Å²) in [6.45, 7) is 2.02. The molecule has 118 valence electrons. The number of ketones is 2. The molecule has 4 heteroatoms. The van der Waals surface area contributed by atoms with E-state index in [1.165, 1.54) is 0 Å². The van der Waals surface area contributed by atoms with Gasteiger partial charge in [-0.25, -0.2) is 0 Å². The molecule has 1 aliphatic carbocycles. The zero-order valence-corrected chi connectivity index (χ0v) is 13.6. The van der Waals surface area contributed by atoms with Crippen LogP contribution < -0.4 is 4.74 Å². The van der Waals surface area contributed by atoms with Gasteiger partial charge in [-0.3, -0.25) is 9.59 Å². The molecule has 0 aromatic heterocycles. The van der Waals surface area contributed by atoms with Crippen molar-refractivity contribution in [2.24, 2.45) is 0 Å². The predicted octanol–water partition coefficient (Wildman–Crippen LogP) is 4.71. The molecule has 0 N–H and O–H groups in total. The first-order chi connectivity index (χ1) is 11.1. The zero-order chi connectivity index (χ0) is 16.4. The van der Waals surface area contributed by atoms with E-state index in [0.717, 1.165) is 17.5 Å². The molecule has 0 saturated heterocycles. The van der Waals surface area contributed by atoms with E-state index in [4.69, 9.17) is 16.3 Å². The van der Waals surface area contributed by atoms with Gasteiger partial charge >= 0.3 is 0 Å². The van der Waals surface area contributed by atoms with Gasteiger partial charge in [0, 0.05) is 17.9 Å². The summed E-state index contributed by atoms with van der Waals surface area (Å²) in [5.41, 5.74) is 1.80. The van der Waals surface area contributed by atoms with Gasteiger partial charge in [0.15, 0.2) is 0 Å². The first kappa shape index (κ1) is 15.8. The number of carbonyl (C=O) groups excluding carboxylic acids is 2. The molecule has 0 bridgehead atoms. The topological polar surface area (TPSA) is 43.4 Å². The molecule has 0 radical (unpaired) electrons. The van der Waals surface area contributed by atoms with Gasteiger partial charge in [0.2, 0.25) is 0 Å². The lowest BCUT2D eigenvalue weighted by Crippen LogP contribution is -2.14. The summed E-state index contributed by atoms with van der Waals surface area (Å²) < 4.78 is 5.82. The van der Waals surface area contributed by atoms with Crippen LogP contribution in [0.25, 0.3) is 0 Å². The van der Waals surface area contributed by atoms with E-state index in [0.29, 0.717) is 29.4 Å². The van der Waals surface area contributed by atoms with Crippen LogP contribution in [0.15, 0.2) is 42.5 Å². The summed E-state index contributed by atoms with van der Waals surface area (Å²) in [4.78, 5) is 24.2. The number of aryl methyl sites for hydroxylation is 1. The first-order valence-corrected chi connectivity index (χ1v) is 8.08. The monoisotopic (exact) mass is 328 g/mol. The SMILES string of the molecule is CCc1ccc(Oc2ccc(Cl)cc2)cc1C1C(=O)CCC1=O. The zero-order valence-electron chi connectivity index (χ0n) is 12.8. The standard InChI is InChI=1S/C19H17ClO3/c1-2-12-3-6-15(23-14-7-4-13(20)5-8-14)11-16(12)19-17(21)9-10-18(19)22/h3-8,11,19H,2,9-10H2,1H3. The second-order valence-corrected chi connectivity index (χ2v) is 6.07. The molecule has 0 unspecified atom stereocenters. The lowest BCUT2D eigenvalue weighted by molar-refractivity contribution is -0.123. The van der Waals surface area contributed by atoms with Gasteiger partial charge in [-0.05, 0) is 53.9 Å². The number of rotatable bonds is 4. The van der Waals surface area contributed by atoms with Crippen LogP contribution in [-0.4, -0.2) is 11.6 Å². The van der Waals surface area contributed by atoms with Gasteiger partial charge < -0.3 is 4.74 Å². The summed E-state index contributed by atoms with van der Waals surface area (Å²) in [7, 11) is 0. The van der Waals surface area contributed by atoms with Gasteiger partial charge in [-0.2, -0.15) is 0 Å². The lowest BCUT2D eigenvalue weighted by atomic mass is 9.90. The number of hydrogen-bond acceptors (Lipinski definition) is 3. The minimum absolute atomic E-state index is 0.00772. The minimum Gasteiger partial charge on any atom is -0.457 e. The van der Waals surface area contributed by atoms with Crippen LogP contribution in [0.3, 0.4) is 0 Å². The molecule has 1 saturated carbocycles. The van der Waals surface area contributed by atoms with E-state index < -0.39 is 5.92 Å². The van der Waals surface area contributed by atoms with E-state index in [1.54, 1.807) is 24.3 Å². The number of benzene rings is 2. The number of Topliss-reactive ketones (excluding diaryl/α,β-unsaturated/α-hetero) is 2. The molecule has 23 heavy (non-hydrogen) atoms. The number of halogens is 1. The van der Waals surface area contributed by atoms with Crippen LogP contribution in [0.5, 0.6) is 11.5 Å². The molecule has 0 atom stereocenters. The van der Waals surface area contributed by atoms with Crippen molar-refractivity contribution in [3.05, 3.63) is 58.6 Å². The van der Waals surface area contributed by atoms with Crippen molar-refractivity contribution >= 4 is 23.2 Å². The Morgan fingerprint density at radius 3 is 2.22 bits per heavy atom. The summed E-state index contributed by atoms with van der Waals surface area (Å²) in [5, 5.41) is 0.640. The molecule has 0 heterocycles. The van der Waals surface area contributed by atoms with Gasteiger partial charge in [-0.1, -0.05) is 24.6 Å². The average molecular weight is 329 g/mol. The molecule has 3 nitrogen and oxygen atoms in total. The number of hydrogen-bond donors (Lipinski definition) is 0. The summed E-state index contributed by atoms with van der Waals surface area (Å²) in [6, 6.07) is 12.7. The third-order valence-corrected chi connectivity index (χ3v) is 4.37. The Balaban J connectivity index is 1.94. The highest BCUT2D eigenvalue weighted by Gasteiger charge is 2.35. The van der Waals surface area contributed by atoms with Crippen LogP contribution in [0.4, 0.5) is 0 Å². The van der Waals surface area contributed by atoms with Crippen LogP contribution in [0.2, 0.25) is 5.02 Å². The van der Waals surface area contributed by atoms with E-state index in [-0.39, 0.29) is 11.6 Å². The van der Waals surface area contributed by atoms with Gasteiger partial charge in [0.1, 0.15) is 29.0 Å². The van der Waals surface area contributed by atoms with E-state index in [9.17, 15) is 9.59 Å². The molecular weight excluding hydrogens is 312 g/mol. The van der Waals surface area contributed by atoms with E-state index in [2.05, 4.69) is 0 Å². The smallest absolute Gasteiger partial charge is 0.148 e. The number of ether oxygens (including phenoxy) is 1. The molecule has 0 aliphatic heterocycles. The van der Waals surface area contributed by atoms with Crippen LogP contribution >= 0.6 is 11.6 Å². The van der Waals surface area contributed by atoms with Crippen LogP contribution in [0.1, 0.15) is 36.8 Å². The Morgan fingerprint density at radius 2 is 1.61 bits per heavy atom. The Labute approximate surface area is 140 Å². The Bertz CT molecular complexity index is 734. The van der Waals surface area contributed by atoms with Gasteiger partial charge in [0.25, 0.3) is 0 Å². The Hall–Kier alpha value is -2.13. The third-order valence-electron chi connectivity index (χ3n) is 4.12. The van der Waals surface area contributed by atoms with Crippen molar-refractivity contribution in [1.29, 1.82) is 0 Å². The third kappa shape index (κ3) is 3.30. The first-order valence-electron chi connectivity index (χ1n) is 7.70. The number of carbonyl (C=O) groups is 2. The molecule has 1 fully saturated rings. The van der Waals surface area contributed by atoms with E-state index in [1.807, 2.05) is 25.1 Å². The highest BCUT2D eigenvalue weighted by molar-refractivity contribution is 6.30. The summed E-state index contributed by atoms with van der Waals surface area (Å²) in [6.07, 6.45) is 1.46. The molecule has 3 rings (SSSR count). The van der Waals surface area contributed by atoms with Crippen molar-refractivity contribution in [1.82, 2.24) is 0 Å². The van der Waals surface area contributed by atoms with Crippen molar-refractivity contribution in [3.8, 4) is 11.5 Å². The molecule has 0 spiro atoms. The highest BCUT2D eigenvalue weighted by atomic mass is 35.5. The molecular formula is C19H17ClO3. The second-order valence-electron chi connectivity index (χ2n) is 5.64. The highest BCUT2D eigenvalue weighted by Crippen LogP contribution is 2.34. The summed E-state index contributed by atoms with van der Waals surface area (Å²) >= 11 is 5.87. The predicted molar refractivity (Wildman–Crippen MR) is 89.3 cm³/mol. The van der Waals surface area contributed by atoms with Gasteiger partial charge in [-0.15, -0.1) is 0 Å². The Morgan fingerprint density at radius 1 is 1.00 bits per heavy atom. The van der Waals surface area contributed by atoms with Crippen LogP contribution in [0, 0.1) is 0 Å². The summed E-state index contributed by atoms with van der Waals surface area (Å²) in [5.74, 6) is 0.668. The van der Waals surface area contributed by atoms with Crippen molar-refractivity contribution in [3.63, 3.8) is 0 Å². The Kier molecular flexibility index (Phi) is 4.49. The van der Waals surface area contributed by atoms with Crippen molar-refractivity contribution in [2.45, 2.75) is 32.1 Å². The molecule has 1 aliphatic rings. The quantitative estimate of drug-likeness (QED) is 0.763. The lowest BCUT2D eigenvalue weighted by Gasteiger charge is -2.15. The average Bonchev–Trinajstić information content (AvgIpc) is 2.88. The van der Waals surface area contributed by atoms with Gasteiger partial charge in [0.05, 0.1) is 0 Å². The van der Waals surface area contributed by atoms with E-state index >= 15 is 0 Å². The maximum absolute atomic E-state index is 12.1. The fourth-order valence-electron chi connectivity index (χ4n) is 2.93.